The molecule has 0 saturated carbocycles. The maximum absolute atomic E-state index is 11.5. The number of aryl methyl sites for hydroxylation is 1. The van der Waals surface area contributed by atoms with Crippen LogP contribution in [0.4, 0.5) is 22.7 Å². The minimum Gasteiger partial charge on any atom is -0.477 e. The highest BCUT2D eigenvalue weighted by Gasteiger charge is 2.28. The summed E-state index contributed by atoms with van der Waals surface area (Å²) < 4.78 is 5.61. The lowest BCUT2D eigenvalue weighted by molar-refractivity contribution is 0.0701. The van der Waals surface area contributed by atoms with Crippen molar-refractivity contribution in [3.05, 3.63) is 40.3 Å². The van der Waals surface area contributed by atoms with Gasteiger partial charge in [0.15, 0.2) is 5.13 Å². The molecule has 0 spiro atoms. The molecule has 34 heavy (non-hydrogen) atoms. The van der Waals surface area contributed by atoms with Crippen LogP contribution in [0.25, 0.3) is 0 Å². The molecule has 0 aromatic carbocycles. The zero-order valence-electron chi connectivity index (χ0n) is 19.0. The quantitative estimate of drug-likeness (QED) is 0.477. The van der Waals surface area contributed by atoms with Gasteiger partial charge in [-0.1, -0.05) is 11.3 Å². The summed E-state index contributed by atoms with van der Waals surface area (Å²) in [5.41, 5.74) is 1.56. The fourth-order valence-corrected chi connectivity index (χ4v) is 5.34. The van der Waals surface area contributed by atoms with Crippen molar-refractivity contribution >= 4 is 40.0 Å². The van der Waals surface area contributed by atoms with Gasteiger partial charge in [0.2, 0.25) is 5.95 Å². The molecule has 10 nitrogen and oxygen atoms in total. The largest absolute Gasteiger partial charge is 0.477 e. The second-order valence-corrected chi connectivity index (χ2v) is 9.71. The van der Waals surface area contributed by atoms with Gasteiger partial charge in [-0.3, -0.25) is 5.32 Å². The van der Waals surface area contributed by atoms with Crippen molar-refractivity contribution in [3.8, 4) is 0 Å². The summed E-state index contributed by atoms with van der Waals surface area (Å²) >= 11 is 1.07. The third-order valence-corrected chi connectivity index (χ3v) is 7.33. The molecular weight excluding hydrogens is 456 g/mol. The molecule has 0 radical (unpaired) electrons. The molecule has 180 valence electrons. The van der Waals surface area contributed by atoms with Crippen molar-refractivity contribution < 1.29 is 19.4 Å². The van der Waals surface area contributed by atoms with Gasteiger partial charge in [0, 0.05) is 25.2 Å². The molecule has 1 saturated heterocycles. The van der Waals surface area contributed by atoms with Crippen LogP contribution in [0.5, 0.6) is 0 Å². The van der Waals surface area contributed by atoms with Crippen molar-refractivity contribution in [2.24, 2.45) is 0 Å². The number of aliphatic hydroxyl groups is 1. The van der Waals surface area contributed by atoms with Crippen LogP contribution in [-0.2, 0) is 13.0 Å². The molecule has 2 aliphatic rings. The molecule has 5 heterocycles. The number of carboxylic acid groups (broad SMARTS) is 1. The van der Waals surface area contributed by atoms with Crippen molar-refractivity contribution in [1.29, 1.82) is 0 Å². The lowest BCUT2D eigenvalue weighted by Gasteiger charge is -2.33. The summed E-state index contributed by atoms with van der Waals surface area (Å²) in [7, 11) is 0. The van der Waals surface area contributed by atoms with Gasteiger partial charge in [-0.2, -0.15) is 9.97 Å². The average Bonchev–Trinajstić information content (AvgIpc) is 3.40. The lowest BCUT2D eigenvalue weighted by atomic mass is 10.1. The summed E-state index contributed by atoms with van der Waals surface area (Å²) in [5.74, 6) is 1.99. The third kappa shape index (κ3) is 4.71. The number of rotatable bonds is 6. The number of thiazole rings is 1. The van der Waals surface area contributed by atoms with Gasteiger partial charge in [-0.15, -0.1) is 0 Å². The van der Waals surface area contributed by atoms with Gasteiger partial charge >= 0.3 is 5.97 Å². The molecule has 0 unspecified atom stereocenters. The maximum Gasteiger partial charge on any atom is 0.347 e. The van der Waals surface area contributed by atoms with Crippen molar-refractivity contribution in [3.63, 3.8) is 0 Å². The van der Waals surface area contributed by atoms with E-state index < -0.39 is 5.97 Å². The predicted octanol–water partition coefficient (Wildman–Crippen LogP) is 3.58. The number of aliphatic hydroxyl groups excluding tert-OH is 1. The van der Waals surface area contributed by atoms with E-state index in [4.69, 9.17) is 14.4 Å². The number of furan rings is 1. The van der Waals surface area contributed by atoms with E-state index in [0.717, 1.165) is 73.2 Å². The number of aromatic nitrogens is 3. The van der Waals surface area contributed by atoms with Gasteiger partial charge in [0.25, 0.3) is 0 Å². The molecular formula is C23H28N6O4S. The van der Waals surface area contributed by atoms with Crippen LogP contribution in [0, 0.1) is 6.92 Å². The number of piperidine rings is 1. The van der Waals surface area contributed by atoms with Crippen LogP contribution >= 0.6 is 11.3 Å². The van der Waals surface area contributed by atoms with Crippen molar-refractivity contribution in [2.75, 3.05) is 34.8 Å². The smallest absolute Gasteiger partial charge is 0.347 e. The van der Waals surface area contributed by atoms with Crippen LogP contribution in [0.15, 0.2) is 22.8 Å². The van der Waals surface area contributed by atoms with E-state index in [1.54, 1.807) is 13.2 Å². The molecule has 3 aromatic heterocycles. The molecule has 11 heteroatoms. The summed E-state index contributed by atoms with van der Waals surface area (Å²) in [5, 5.41) is 23.0. The monoisotopic (exact) mass is 484 g/mol. The Hall–Kier alpha value is -3.18. The Bertz CT molecular complexity index is 1160. The van der Waals surface area contributed by atoms with Gasteiger partial charge in [-0.05, 0) is 51.2 Å². The van der Waals surface area contributed by atoms with Gasteiger partial charge in [0.05, 0.1) is 24.6 Å². The minimum atomic E-state index is -0.997. The number of aromatic carboxylic acids is 1. The Morgan fingerprint density at radius 3 is 2.71 bits per heavy atom. The highest BCUT2D eigenvalue weighted by atomic mass is 32.1. The zero-order valence-corrected chi connectivity index (χ0v) is 19.8. The van der Waals surface area contributed by atoms with Crippen LogP contribution in [0.1, 0.15) is 52.4 Å². The predicted molar refractivity (Wildman–Crippen MR) is 129 cm³/mol. The normalized spacial score (nSPS) is 16.9. The number of hydrogen-bond acceptors (Lipinski definition) is 10. The SMILES string of the molecule is Cc1nc(Nc2nc(N3CCC(O)CC3)c3c(n2)N(Cc2ccco2)CCCC3)sc1C(=O)O. The Morgan fingerprint density at radius 2 is 2.00 bits per heavy atom. The first-order chi connectivity index (χ1) is 16.5. The number of fused-ring (bicyclic) bond motifs is 1. The average molecular weight is 485 g/mol. The molecule has 1 fully saturated rings. The zero-order chi connectivity index (χ0) is 23.7. The summed E-state index contributed by atoms with van der Waals surface area (Å²) in [6.07, 6.45) is 5.74. The Kier molecular flexibility index (Phi) is 6.38. The highest BCUT2D eigenvalue weighted by Crippen LogP contribution is 2.36. The van der Waals surface area contributed by atoms with E-state index in [9.17, 15) is 15.0 Å². The fraction of sp³-hybridized carbons (Fsp3) is 0.478. The molecule has 2 aliphatic heterocycles. The topological polar surface area (TPSA) is 128 Å². The molecule has 3 aromatic rings. The number of anilines is 4. The number of nitrogens with zero attached hydrogens (tertiary/aromatic N) is 5. The molecule has 0 atom stereocenters. The molecule has 3 N–H and O–H groups in total. The Morgan fingerprint density at radius 1 is 1.21 bits per heavy atom. The second kappa shape index (κ2) is 9.59. The molecule has 0 amide bonds. The number of nitrogens with one attached hydrogen (secondary N) is 1. The van der Waals surface area contributed by atoms with Crippen molar-refractivity contribution in [2.45, 2.75) is 51.7 Å². The van der Waals surface area contributed by atoms with E-state index in [1.165, 1.54) is 0 Å². The summed E-state index contributed by atoms with van der Waals surface area (Å²) in [6.45, 7) is 4.58. The maximum atomic E-state index is 11.5. The second-order valence-electron chi connectivity index (χ2n) is 8.71. The van der Waals surface area contributed by atoms with Crippen LogP contribution in [0.3, 0.4) is 0 Å². The van der Waals surface area contributed by atoms with E-state index in [0.29, 0.717) is 36.2 Å². The first-order valence-electron chi connectivity index (χ1n) is 11.6. The van der Waals surface area contributed by atoms with E-state index in [-0.39, 0.29) is 11.0 Å². The molecule has 0 bridgehead atoms. The van der Waals surface area contributed by atoms with Crippen LogP contribution in [-0.4, -0.2) is 56.9 Å². The van der Waals surface area contributed by atoms with Crippen LogP contribution in [0.2, 0.25) is 0 Å². The number of carboxylic acids is 1. The summed E-state index contributed by atoms with van der Waals surface area (Å²) in [4.78, 5) is 30.2. The van der Waals surface area contributed by atoms with E-state index in [1.807, 2.05) is 12.1 Å². The van der Waals surface area contributed by atoms with Gasteiger partial charge in [-0.25, -0.2) is 9.78 Å². The van der Waals surface area contributed by atoms with E-state index >= 15 is 0 Å². The fourth-order valence-electron chi connectivity index (χ4n) is 4.54. The first kappa shape index (κ1) is 22.6. The Labute approximate surface area is 201 Å². The lowest BCUT2D eigenvalue weighted by Crippen LogP contribution is -2.37. The van der Waals surface area contributed by atoms with Crippen LogP contribution < -0.4 is 15.1 Å². The number of hydrogen-bond donors (Lipinski definition) is 3. The minimum absolute atomic E-state index is 0.196. The molecule has 0 aliphatic carbocycles. The molecule has 5 rings (SSSR count). The Balaban J connectivity index is 1.55. The first-order valence-corrected chi connectivity index (χ1v) is 12.4. The third-order valence-electron chi connectivity index (χ3n) is 6.27. The number of carbonyl (C=O) groups is 1. The highest BCUT2D eigenvalue weighted by molar-refractivity contribution is 7.17. The standard InChI is InChI=1S/C23H28N6O4S/c1-14-18(21(31)32)34-23(24-14)27-22-25-19(28-10-7-15(30)8-11-28)17-6-2-3-9-29(20(17)26-22)13-16-5-4-12-33-16/h4-5,12,15,30H,2-3,6-11,13H2,1H3,(H,31,32)(H,24,25,26,27). The van der Waals surface area contributed by atoms with E-state index in [2.05, 4.69) is 20.1 Å². The van der Waals surface area contributed by atoms with Gasteiger partial charge < -0.3 is 24.4 Å². The van der Waals surface area contributed by atoms with Crippen molar-refractivity contribution in [1.82, 2.24) is 15.0 Å². The van der Waals surface area contributed by atoms with Gasteiger partial charge in [0.1, 0.15) is 22.3 Å². The summed E-state index contributed by atoms with van der Waals surface area (Å²) in [6, 6.07) is 3.85.